The molecule has 0 aliphatic carbocycles. The first-order valence-corrected chi connectivity index (χ1v) is 6.98. The zero-order valence-electron chi connectivity index (χ0n) is 12.2. The van der Waals surface area contributed by atoms with Crippen LogP contribution in [-0.4, -0.2) is 29.8 Å². The van der Waals surface area contributed by atoms with Gasteiger partial charge in [0, 0.05) is 30.6 Å². The summed E-state index contributed by atoms with van der Waals surface area (Å²) >= 11 is 0. The lowest BCUT2D eigenvalue weighted by Crippen LogP contribution is -1.93. The molecule has 0 amide bonds. The van der Waals surface area contributed by atoms with Gasteiger partial charge in [-0.05, 0) is 18.2 Å². The maximum Gasteiger partial charge on any atom is 0.258 e. The molecule has 4 aromatic rings. The average Bonchev–Trinajstić information content (AvgIpc) is 3.30. The summed E-state index contributed by atoms with van der Waals surface area (Å²) in [6.07, 6.45) is 5.69. The first-order chi connectivity index (χ1) is 11.3. The highest BCUT2D eigenvalue weighted by molar-refractivity contribution is 5.57. The van der Waals surface area contributed by atoms with Crippen LogP contribution in [0.3, 0.4) is 0 Å². The van der Waals surface area contributed by atoms with Crippen LogP contribution >= 0.6 is 0 Å². The van der Waals surface area contributed by atoms with Crippen molar-refractivity contribution in [2.75, 3.05) is 0 Å². The van der Waals surface area contributed by atoms with Gasteiger partial charge in [-0.25, -0.2) is 4.98 Å². The lowest BCUT2D eigenvalue weighted by atomic mass is 10.2. The second kappa shape index (κ2) is 5.48. The fraction of sp³-hybridized carbons (Fsp3) is 0.133. The molecule has 0 radical (unpaired) electrons. The normalized spacial score (nSPS) is 11.0. The van der Waals surface area contributed by atoms with Gasteiger partial charge < -0.3 is 13.6 Å². The van der Waals surface area contributed by atoms with Crippen molar-refractivity contribution in [2.24, 2.45) is 0 Å². The van der Waals surface area contributed by atoms with Crippen LogP contribution in [0.2, 0.25) is 0 Å². The number of aryl methyl sites for hydroxylation is 1. The van der Waals surface area contributed by atoms with Crippen LogP contribution in [0.15, 0.2) is 52.0 Å². The van der Waals surface area contributed by atoms with Crippen molar-refractivity contribution in [3.8, 4) is 17.1 Å². The lowest BCUT2D eigenvalue weighted by molar-refractivity contribution is 0.387. The Labute approximate surface area is 130 Å². The standard InChI is InChI=1S/C15H12N6O2/c1-10-17-13(19-22-10)8-14-18-15(23-20-14)11-3-2-4-12(7-11)21-6-5-16-9-21/h2-7,9H,8H2,1H3. The summed E-state index contributed by atoms with van der Waals surface area (Å²) in [4.78, 5) is 12.6. The molecule has 0 fully saturated rings. The molecule has 0 unspecified atom stereocenters. The van der Waals surface area contributed by atoms with E-state index in [-0.39, 0.29) is 0 Å². The third-order valence-corrected chi connectivity index (χ3v) is 3.25. The molecule has 8 nitrogen and oxygen atoms in total. The summed E-state index contributed by atoms with van der Waals surface area (Å²) in [6, 6.07) is 7.77. The minimum absolute atomic E-state index is 0.363. The van der Waals surface area contributed by atoms with Crippen molar-refractivity contribution in [1.29, 1.82) is 0 Å². The van der Waals surface area contributed by atoms with Crippen molar-refractivity contribution >= 4 is 0 Å². The van der Waals surface area contributed by atoms with Crippen molar-refractivity contribution in [3.05, 3.63) is 60.5 Å². The van der Waals surface area contributed by atoms with Crippen molar-refractivity contribution < 1.29 is 9.05 Å². The molecule has 0 atom stereocenters. The Morgan fingerprint density at radius 1 is 1.09 bits per heavy atom. The highest BCUT2D eigenvalue weighted by Gasteiger charge is 2.12. The Balaban J connectivity index is 1.60. The number of hydrogen-bond acceptors (Lipinski definition) is 7. The van der Waals surface area contributed by atoms with E-state index in [0.29, 0.717) is 29.9 Å². The van der Waals surface area contributed by atoms with Gasteiger partial charge in [-0.1, -0.05) is 16.4 Å². The van der Waals surface area contributed by atoms with Gasteiger partial charge in [0.05, 0.1) is 12.7 Å². The third kappa shape index (κ3) is 2.73. The van der Waals surface area contributed by atoms with E-state index in [1.54, 1.807) is 19.4 Å². The number of rotatable bonds is 4. The average molecular weight is 308 g/mol. The molecule has 0 aliphatic rings. The predicted octanol–water partition coefficient (Wildman–Crippen LogP) is 2.20. The Morgan fingerprint density at radius 3 is 2.74 bits per heavy atom. The monoisotopic (exact) mass is 308 g/mol. The smallest absolute Gasteiger partial charge is 0.258 e. The van der Waals surface area contributed by atoms with Gasteiger partial charge in [-0.3, -0.25) is 0 Å². The molecule has 3 aromatic heterocycles. The van der Waals surface area contributed by atoms with Crippen molar-refractivity contribution in [3.63, 3.8) is 0 Å². The zero-order chi connectivity index (χ0) is 15.6. The fourth-order valence-corrected chi connectivity index (χ4v) is 2.21. The van der Waals surface area contributed by atoms with Crippen LogP contribution in [0.25, 0.3) is 17.1 Å². The first kappa shape index (κ1) is 13.4. The summed E-state index contributed by atoms with van der Waals surface area (Å²) in [6.45, 7) is 1.74. The van der Waals surface area contributed by atoms with Crippen LogP contribution in [0.4, 0.5) is 0 Å². The number of hydrogen-bond donors (Lipinski definition) is 0. The van der Waals surface area contributed by atoms with Gasteiger partial charge in [0.1, 0.15) is 0 Å². The van der Waals surface area contributed by atoms with Gasteiger partial charge in [0.15, 0.2) is 11.6 Å². The SMILES string of the molecule is Cc1nc(Cc2noc(-c3cccc(-n4ccnc4)c3)n2)no1. The zero-order valence-corrected chi connectivity index (χ0v) is 12.2. The molecule has 114 valence electrons. The molecule has 0 N–H and O–H groups in total. The molecule has 0 saturated carbocycles. The molecule has 0 bridgehead atoms. The maximum atomic E-state index is 5.33. The number of aromatic nitrogens is 6. The molecule has 23 heavy (non-hydrogen) atoms. The molecule has 0 saturated heterocycles. The van der Waals surface area contributed by atoms with E-state index in [4.69, 9.17) is 9.05 Å². The Hall–Kier alpha value is -3.29. The van der Waals surface area contributed by atoms with Crippen LogP contribution in [0.5, 0.6) is 0 Å². The van der Waals surface area contributed by atoms with E-state index < -0.39 is 0 Å². The summed E-state index contributed by atoms with van der Waals surface area (Å²) in [5, 5.41) is 7.79. The molecular formula is C15H12N6O2. The largest absolute Gasteiger partial charge is 0.340 e. The number of imidazole rings is 1. The first-order valence-electron chi connectivity index (χ1n) is 6.98. The second-order valence-electron chi connectivity index (χ2n) is 4.94. The van der Waals surface area contributed by atoms with Gasteiger partial charge in [0.2, 0.25) is 5.89 Å². The summed E-state index contributed by atoms with van der Waals surface area (Å²) < 4.78 is 12.2. The topological polar surface area (TPSA) is 95.7 Å². The molecular weight excluding hydrogens is 296 g/mol. The minimum atomic E-state index is 0.363. The second-order valence-corrected chi connectivity index (χ2v) is 4.94. The highest BCUT2D eigenvalue weighted by Crippen LogP contribution is 2.21. The van der Waals surface area contributed by atoms with Crippen LogP contribution in [-0.2, 0) is 6.42 Å². The molecule has 0 aliphatic heterocycles. The molecule has 8 heteroatoms. The number of nitrogens with zero attached hydrogens (tertiary/aromatic N) is 6. The van der Waals surface area contributed by atoms with E-state index >= 15 is 0 Å². The molecule has 4 rings (SSSR count). The van der Waals surface area contributed by atoms with Gasteiger partial charge in [0.25, 0.3) is 5.89 Å². The molecule has 0 spiro atoms. The quantitative estimate of drug-likeness (QED) is 0.570. The van der Waals surface area contributed by atoms with Gasteiger partial charge in [-0.15, -0.1) is 0 Å². The maximum absolute atomic E-state index is 5.33. The van der Waals surface area contributed by atoms with Gasteiger partial charge >= 0.3 is 0 Å². The van der Waals surface area contributed by atoms with E-state index in [9.17, 15) is 0 Å². The third-order valence-electron chi connectivity index (χ3n) is 3.25. The number of benzene rings is 1. The Morgan fingerprint density at radius 2 is 1.96 bits per heavy atom. The summed E-state index contributed by atoms with van der Waals surface area (Å²) in [7, 11) is 0. The summed E-state index contributed by atoms with van der Waals surface area (Å²) in [5.74, 6) is 2.00. The Kier molecular flexibility index (Phi) is 3.19. The van der Waals surface area contributed by atoms with Crippen molar-refractivity contribution in [2.45, 2.75) is 13.3 Å². The minimum Gasteiger partial charge on any atom is -0.340 e. The van der Waals surface area contributed by atoms with E-state index in [2.05, 4.69) is 25.3 Å². The fourth-order valence-electron chi connectivity index (χ4n) is 2.21. The van der Waals surface area contributed by atoms with Crippen molar-refractivity contribution in [1.82, 2.24) is 29.8 Å². The van der Waals surface area contributed by atoms with E-state index in [1.165, 1.54) is 0 Å². The predicted molar refractivity (Wildman–Crippen MR) is 78.7 cm³/mol. The molecule has 3 heterocycles. The van der Waals surface area contributed by atoms with Crippen LogP contribution in [0, 0.1) is 6.92 Å². The molecule has 1 aromatic carbocycles. The van der Waals surface area contributed by atoms with E-state index in [1.807, 2.05) is 35.0 Å². The van der Waals surface area contributed by atoms with Crippen LogP contribution in [0.1, 0.15) is 17.5 Å². The van der Waals surface area contributed by atoms with Crippen LogP contribution < -0.4 is 0 Å². The summed E-state index contributed by atoms with van der Waals surface area (Å²) in [5.41, 5.74) is 1.80. The van der Waals surface area contributed by atoms with E-state index in [0.717, 1.165) is 11.3 Å². The lowest BCUT2D eigenvalue weighted by Gasteiger charge is -2.02. The Bertz CT molecular complexity index is 925. The van der Waals surface area contributed by atoms with Gasteiger partial charge in [-0.2, -0.15) is 9.97 Å². The highest BCUT2D eigenvalue weighted by atomic mass is 16.5.